The molecule has 0 saturated carbocycles. The van der Waals surface area contributed by atoms with E-state index in [-0.39, 0.29) is 5.38 Å². The fourth-order valence-electron chi connectivity index (χ4n) is 1.69. The summed E-state index contributed by atoms with van der Waals surface area (Å²) >= 11 is 17.3. The number of alkyl halides is 1. The van der Waals surface area contributed by atoms with E-state index >= 15 is 0 Å². The van der Waals surface area contributed by atoms with Crippen LogP contribution in [0, 0.1) is 0 Å². The van der Waals surface area contributed by atoms with Gasteiger partial charge in [-0.2, -0.15) is 0 Å². The molecule has 1 aromatic rings. The summed E-state index contributed by atoms with van der Waals surface area (Å²) in [5.74, 6) is 0. The second-order valence-corrected chi connectivity index (χ2v) is 6.94. The standard InChI is InChI=1S/C10H11BrCl2OS/c11-10-8(13)5-9(15-10)7(12)4-6-2-1-3-14-6/h5-7H,1-4H2. The van der Waals surface area contributed by atoms with Crippen molar-refractivity contribution >= 4 is 50.5 Å². The highest BCUT2D eigenvalue weighted by Crippen LogP contribution is 2.40. The molecular weight excluding hydrogens is 319 g/mol. The monoisotopic (exact) mass is 328 g/mol. The molecule has 0 aromatic carbocycles. The van der Waals surface area contributed by atoms with Crippen LogP contribution in [-0.4, -0.2) is 12.7 Å². The van der Waals surface area contributed by atoms with Gasteiger partial charge in [0.2, 0.25) is 0 Å². The third-order valence-corrected chi connectivity index (χ3v) is 5.60. The van der Waals surface area contributed by atoms with Gasteiger partial charge in [0.15, 0.2) is 0 Å². The molecule has 2 rings (SSSR count). The Morgan fingerprint density at radius 1 is 1.67 bits per heavy atom. The average molecular weight is 330 g/mol. The maximum atomic E-state index is 6.32. The molecule has 84 valence electrons. The summed E-state index contributed by atoms with van der Waals surface area (Å²) in [5.41, 5.74) is 0. The van der Waals surface area contributed by atoms with Gasteiger partial charge in [0.1, 0.15) is 0 Å². The summed E-state index contributed by atoms with van der Waals surface area (Å²) in [7, 11) is 0. The van der Waals surface area contributed by atoms with E-state index in [2.05, 4.69) is 15.9 Å². The highest BCUT2D eigenvalue weighted by molar-refractivity contribution is 9.11. The molecule has 0 amide bonds. The molecule has 1 aliphatic heterocycles. The van der Waals surface area contributed by atoms with Crippen molar-refractivity contribution in [2.24, 2.45) is 0 Å². The van der Waals surface area contributed by atoms with Crippen LogP contribution in [0.5, 0.6) is 0 Å². The predicted octanol–water partition coefficient (Wildman–Crippen LogP) is 5.01. The zero-order valence-corrected chi connectivity index (χ0v) is 11.9. The summed E-state index contributed by atoms with van der Waals surface area (Å²) in [6.07, 6.45) is 3.49. The van der Waals surface area contributed by atoms with Crippen molar-refractivity contribution in [2.75, 3.05) is 6.61 Å². The third kappa shape index (κ3) is 3.10. The Labute approximate surface area is 112 Å². The van der Waals surface area contributed by atoms with Crippen molar-refractivity contribution in [3.8, 4) is 0 Å². The number of thiophene rings is 1. The lowest BCUT2D eigenvalue weighted by atomic mass is 10.1. The highest BCUT2D eigenvalue weighted by atomic mass is 79.9. The molecule has 1 fully saturated rings. The number of rotatable bonds is 3. The van der Waals surface area contributed by atoms with Gasteiger partial charge in [-0.1, -0.05) is 11.6 Å². The SMILES string of the molecule is Clc1cc(C(Cl)CC2CCCO2)sc1Br. The van der Waals surface area contributed by atoms with Gasteiger partial charge in [-0.15, -0.1) is 22.9 Å². The van der Waals surface area contributed by atoms with Gasteiger partial charge in [-0.3, -0.25) is 0 Å². The van der Waals surface area contributed by atoms with Crippen LogP contribution in [0.2, 0.25) is 5.02 Å². The zero-order valence-electron chi connectivity index (χ0n) is 8.01. The summed E-state index contributed by atoms with van der Waals surface area (Å²) in [4.78, 5) is 1.11. The lowest BCUT2D eigenvalue weighted by Crippen LogP contribution is -2.07. The predicted molar refractivity (Wildman–Crippen MR) is 69.2 cm³/mol. The van der Waals surface area contributed by atoms with Crippen molar-refractivity contribution in [3.05, 3.63) is 19.8 Å². The van der Waals surface area contributed by atoms with Gasteiger partial charge < -0.3 is 4.74 Å². The molecule has 2 unspecified atom stereocenters. The first-order chi connectivity index (χ1) is 7.16. The van der Waals surface area contributed by atoms with Crippen LogP contribution in [0.3, 0.4) is 0 Å². The molecule has 0 N–H and O–H groups in total. The van der Waals surface area contributed by atoms with Crippen LogP contribution in [0.15, 0.2) is 9.85 Å². The fraction of sp³-hybridized carbons (Fsp3) is 0.600. The Morgan fingerprint density at radius 2 is 2.47 bits per heavy atom. The van der Waals surface area contributed by atoms with Crippen molar-refractivity contribution in [2.45, 2.75) is 30.7 Å². The maximum Gasteiger partial charge on any atom is 0.0887 e. The van der Waals surface area contributed by atoms with Crippen LogP contribution in [0.4, 0.5) is 0 Å². The number of ether oxygens (including phenoxy) is 1. The molecule has 1 saturated heterocycles. The summed E-state index contributed by atoms with van der Waals surface area (Å²) in [6, 6.07) is 1.93. The molecule has 1 aromatic heterocycles. The van der Waals surface area contributed by atoms with E-state index in [0.29, 0.717) is 6.10 Å². The first-order valence-corrected chi connectivity index (χ1v) is 7.29. The van der Waals surface area contributed by atoms with E-state index in [9.17, 15) is 0 Å². The van der Waals surface area contributed by atoms with E-state index < -0.39 is 0 Å². The molecule has 2 atom stereocenters. The second-order valence-electron chi connectivity index (χ2n) is 3.61. The first kappa shape index (κ1) is 12.2. The molecule has 2 heterocycles. The smallest absolute Gasteiger partial charge is 0.0887 e. The van der Waals surface area contributed by atoms with Crippen molar-refractivity contribution in [1.29, 1.82) is 0 Å². The topological polar surface area (TPSA) is 9.23 Å². The van der Waals surface area contributed by atoms with Gasteiger partial charge in [0.25, 0.3) is 0 Å². The van der Waals surface area contributed by atoms with E-state index in [1.165, 1.54) is 0 Å². The van der Waals surface area contributed by atoms with E-state index in [0.717, 1.165) is 39.6 Å². The average Bonchev–Trinajstić information content (AvgIpc) is 2.78. The molecule has 0 aliphatic carbocycles. The molecule has 15 heavy (non-hydrogen) atoms. The third-order valence-electron chi connectivity index (χ3n) is 2.47. The first-order valence-electron chi connectivity index (χ1n) is 4.87. The van der Waals surface area contributed by atoms with Gasteiger partial charge in [0, 0.05) is 11.5 Å². The van der Waals surface area contributed by atoms with Gasteiger partial charge >= 0.3 is 0 Å². The Bertz CT molecular complexity index is 317. The lowest BCUT2D eigenvalue weighted by Gasteiger charge is -2.12. The zero-order chi connectivity index (χ0) is 10.8. The van der Waals surface area contributed by atoms with Crippen molar-refractivity contribution in [1.82, 2.24) is 0 Å². The maximum absolute atomic E-state index is 6.32. The Balaban J connectivity index is 1.97. The minimum absolute atomic E-state index is 0.0156. The van der Waals surface area contributed by atoms with Gasteiger partial charge in [-0.05, 0) is 41.3 Å². The molecule has 1 nitrogen and oxygen atoms in total. The highest BCUT2D eigenvalue weighted by Gasteiger charge is 2.22. The largest absolute Gasteiger partial charge is 0.378 e. The second kappa shape index (κ2) is 5.37. The van der Waals surface area contributed by atoms with Crippen LogP contribution in [0.25, 0.3) is 0 Å². The van der Waals surface area contributed by atoms with Gasteiger partial charge in [0.05, 0.1) is 20.3 Å². The van der Waals surface area contributed by atoms with Gasteiger partial charge in [-0.25, -0.2) is 0 Å². The van der Waals surface area contributed by atoms with Crippen LogP contribution >= 0.6 is 50.5 Å². The van der Waals surface area contributed by atoms with Crippen LogP contribution < -0.4 is 0 Å². The molecule has 5 heteroatoms. The Hall–Kier alpha value is 0.720. The summed E-state index contributed by atoms with van der Waals surface area (Å²) in [5, 5.41) is 0.759. The molecule has 0 spiro atoms. The number of hydrogen-bond acceptors (Lipinski definition) is 2. The lowest BCUT2D eigenvalue weighted by molar-refractivity contribution is 0.103. The number of halogens is 3. The Kier molecular flexibility index (Phi) is 4.36. The minimum atomic E-state index is 0.0156. The fourth-order valence-corrected chi connectivity index (χ4v) is 3.83. The quantitative estimate of drug-likeness (QED) is 0.708. The Morgan fingerprint density at radius 3 is 3.00 bits per heavy atom. The van der Waals surface area contributed by atoms with E-state index in [1.807, 2.05) is 6.07 Å². The van der Waals surface area contributed by atoms with E-state index in [1.54, 1.807) is 11.3 Å². The molecule has 0 bridgehead atoms. The van der Waals surface area contributed by atoms with Crippen molar-refractivity contribution < 1.29 is 4.74 Å². The number of hydrogen-bond donors (Lipinski definition) is 0. The van der Waals surface area contributed by atoms with E-state index in [4.69, 9.17) is 27.9 Å². The van der Waals surface area contributed by atoms with Crippen LogP contribution in [-0.2, 0) is 4.74 Å². The minimum Gasteiger partial charge on any atom is -0.378 e. The molecule has 0 radical (unpaired) electrons. The normalized spacial score (nSPS) is 23.3. The molecular formula is C10H11BrCl2OS. The molecule has 1 aliphatic rings. The summed E-state index contributed by atoms with van der Waals surface area (Å²) < 4.78 is 6.51. The van der Waals surface area contributed by atoms with Crippen molar-refractivity contribution in [3.63, 3.8) is 0 Å². The summed E-state index contributed by atoms with van der Waals surface area (Å²) in [6.45, 7) is 0.878. The van der Waals surface area contributed by atoms with Crippen LogP contribution in [0.1, 0.15) is 29.5 Å².